The van der Waals surface area contributed by atoms with Crippen LogP contribution < -0.4 is 0 Å². The third kappa shape index (κ3) is 2.29. The van der Waals surface area contributed by atoms with E-state index in [0.29, 0.717) is 12.0 Å². The van der Waals surface area contributed by atoms with Gasteiger partial charge in [-0.1, -0.05) is 34.3 Å². The van der Waals surface area contributed by atoms with Gasteiger partial charge in [0.25, 0.3) is 0 Å². The molecule has 5 heteroatoms. The number of rotatable bonds is 0. The van der Waals surface area contributed by atoms with Gasteiger partial charge in [0, 0.05) is 5.92 Å². The molecule has 3 saturated carbocycles. The molecule has 4 aliphatic rings. The van der Waals surface area contributed by atoms with Gasteiger partial charge in [-0.2, -0.15) is 0 Å². The topological polar surface area (TPSA) is 83.8 Å². The second-order valence-corrected chi connectivity index (χ2v) is 11.5. The largest absolute Gasteiger partial charge is 0.454 e. The van der Waals surface area contributed by atoms with Gasteiger partial charge in [0.1, 0.15) is 0 Å². The van der Waals surface area contributed by atoms with Gasteiger partial charge < -0.3 is 14.9 Å². The van der Waals surface area contributed by atoms with Crippen LogP contribution in [0.1, 0.15) is 67.2 Å². The number of Topliss-reactive ketones (excluding diaryl/α,β-unsaturated/α-hetero) is 1. The number of carbonyl (C=O) groups excluding carboxylic acids is 2. The van der Waals surface area contributed by atoms with Crippen LogP contribution in [-0.2, 0) is 14.3 Å². The highest BCUT2D eigenvalue weighted by atomic mass is 16.5. The lowest BCUT2D eigenvalue weighted by atomic mass is 9.35. The third-order valence-electron chi connectivity index (χ3n) is 9.89. The molecule has 5 nitrogen and oxygen atoms in total. The van der Waals surface area contributed by atoms with Crippen LogP contribution in [0.5, 0.6) is 0 Å². The lowest BCUT2D eigenvalue weighted by Gasteiger charge is -2.69. The van der Waals surface area contributed by atoms with Gasteiger partial charge in [-0.15, -0.1) is 0 Å². The Morgan fingerprint density at radius 1 is 1.00 bits per heavy atom. The Morgan fingerprint density at radius 3 is 2.21 bits per heavy atom. The fourth-order valence-corrected chi connectivity index (χ4v) is 8.44. The Hall–Kier alpha value is -1.20. The first kappa shape index (κ1) is 21.0. The molecule has 9 atom stereocenters. The van der Waals surface area contributed by atoms with Gasteiger partial charge in [-0.05, 0) is 67.3 Å². The number of aliphatic hydroxyl groups is 2. The predicted octanol–water partition coefficient (Wildman–Crippen LogP) is 3.27. The Labute approximate surface area is 173 Å². The maximum atomic E-state index is 13.2. The van der Waals surface area contributed by atoms with Crippen molar-refractivity contribution in [3.05, 3.63) is 12.2 Å². The molecule has 0 bridgehead atoms. The van der Waals surface area contributed by atoms with E-state index in [9.17, 15) is 19.8 Å². The smallest absolute Gasteiger partial charge is 0.311 e. The number of fused-ring (bicyclic) bond motifs is 5. The summed E-state index contributed by atoms with van der Waals surface area (Å²) in [6, 6.07) is 0. The standard InChI is InChI=1S/C24H36O5/c1-12-16(26)17-22(5)11-9-15(25)21(3,4)14(22)8-10-23(17,6)18-20(28)29-13(2)19(27)24(12,18)7/h13-18,25-26H,1,8-11H2,2-7H3/t13-,14+,15-,16+,17-,18+,22+,23-,24+/m0/s1. The summed E-state index contributed by atoms with van der Waals surface area (Å²) in [5, 5.41) is 22.3. The highest BCUT2D eigenvalue weighted by molar-refractivity contribution is 6.00. The predicted molar refractivity (Wildman–Crippen MR) is 109 cm³/mol. The molecule has 0 amide bonds. The molecule has 3 aliphatic carbocycles. The highest BCUT2D eigenvalue weighted by Crippen LogP contribution is 2.72. The van der Waals surface area contributed by atoms with Gasteiger partial charge in [-0.25, -0.2) is 0 Å². The Kier molecular flexibility index (Phi) is 4.31. The maximum absolute atomic E-state index is 13.2. The van der Waals surface area contributed by atoms with Crippen LogP contribution in [0.15, 0.2) is 12.2 Å². The van der Waals surface area contributed by atoms with Crippen LogP contribution in [0, 0.1) is 39.4 Å². The fourth-order valence-electron chi connectivity index (χ4n) is 8.44. The van der Waals surface area contributed by atoms with Gasteiger partial charge >= 0.3 is 5.97 Å². The molecule has 162 valence electrons. The number of hydrogen-bond acceptors (Lipinski definition) is 5. The van der Waals surface area contributed by atoms with Crippen molar-refractivity contribution in [2.24, 2.45) is 39.4 Å². The molecule has 29 heavy (non-hydrogen) atoms. The van der Waals surface area contributed by atoms with Crippen molar-refractivity contribution < 1.29 is 24.5 Å². The molecule has 4 rings (SSSR count). The van der Waals surface area contributed by atoms with Crippen molar-refractivity contribution in [2.45, 2.75) is 85.5 Å². The van der Waals surface area contributed by atoms with Crippen LogP contribution in [0.4, 0.5) is 0 Å². The summed E-state index contributed by atoms with van der Waals surface area (Å²) in [5.74, 6) is -1.11. The second kappa shape index (κ2) is 5.94. The van der Waals surface area contributed by atoms with Crippen molar-refractivity contribution in [1.29, 1.82) is 0 Å². The number of aliphatic hydroxyl groups excluding tert-OH is 2. The number of carbonyl (C=O) groups is 2. The normalized spacial score (nSPS) is 54.1. The quantitative estimate of drug-likeness (QED) is 0.478. The summed E-state index contributed by atoms with van der Waals surface area (Å²) in [6.45, 7) is 16.1. The molecule has 1 heterocycles. The first-order valence-electron chi connectivity index (χ1n) is 11.0. The minimum absolute atomic E-state index is 0.155. The van der Waals surface area contributed by atoms with E-state index in [1.807, 2.05) is 0 Å². The Balaban J connectivity index is 1.89. The van der Waals surface area contributed by atoms with Gasteiger partial charge in [0.15, 0.2) is 11.9 Å². The van der Waals surface area contributed by atoms with Crippen LogP contribution in [0.25, 0.3) is 0 Å². The number of cyclic esters (lactones) is 1. The molecule has 2 N–H and O–H groups in total. The van der Waals surface area contributed by atoms with E-state index < -0.39 is 29.0 Å². The molecule has 0 unspecified atom stereocenters. The van der Waals surface area contributed by atoms with Crippen molar-refractivity contribution in [1.82, 2.24) is 0 Å². The zero-order valence-corrected chi connectivity index (χ0v) is 18.6. The molecule has 0 spiro atoms. The molecular formula is C24H36O5. The van der Waals surface area contributed by atoms with E-state index in [4.69, 9.17) is 4.74 Å². The van der Waals surface area contributed by atoms with E-state index >= 15 is 0 Å². The number of ketones is 1. The van der Waals surface area contributed by atoms with Crippen LogP contribution in [-0.4, -0.2) is 40.3 Å². The van der Waals surface area contributed by atoms with E-state index in [2.05, 4.69) is 34.3 Å². The Morgan fingerprint density at radius 2 is 1.59 bits per heavy atom. The van der Waals surface area contributed by atoms with Crippen molar-refractivity contribution in [3.63, 3.8) is 0 Å². The molecule has 1 saturated heterocycles. The average molecular weight is 405 g/mol. The van der Waals surface area contributed by atoms with Crippen LogP contribution >= 0.6 is 0 Å². The third-order valence-corrected chi connectivity index (χ3v) is 9.89. The zero-order valence-electron chi connectivity index (χ0n) is 18.6. The minimum Gasteiger partial charge on any atom is -0.454 e. The fraction of sp³-hybridized carbons (Fsp3) is 0.833. The zero-order chi connectivity index (χ0) is 21.7. The first-order valence-corrected chi connectivity index (χ1v) is 11.0. The molecule has 4 fully saturated rings. The second-order valence-electron chi connectivity index (χ2n) is 11.5. The lowest BCUT2D eigenvalue weighted by molar-refractivity contribution is -0.239. The Bertz CT molecular complexity index is 786. The average Bonchev–Trinajstić information content (AvgIpc) is 2.61. The van der Waals surface area contributed by atoms with Crippen molar-refractivity contribution in [2.75, 3.05) is 0 Å². The van der Waals surface area contributed by atoms with Gasteiger partial charge in [0.05, 0.1) is 23.5 Å². The lowest BCUT2D eigenvalue weighted by Crippen LogP contribution is -2.71. The molecular weight excluding hydrogens is 368 g/mol. The summed E-state index contributed by atoms with van der Waals surface area (Å²) in [4.78, 5) is 26.4. The summed E-state index contributed by atoms with van der Waals surface area (Å²) < 4.78 is 5.51. The highest BCUT2D eigenvalue weighted by Gasteiger charge is 2.73. The summed E-state index contributed by atoms with van der Waals surface area (Å²) >= 11 is 0. The van der Waals surface area contributed by atoms with Crippen LogP contribution in [0.3, 0.4) is 0 Å². The molecule has 0 aromatic rings. The number of esters is 1. The van der Waals surface area contributed by atoms with E-state index in [0.717, 1.165) is 19.3 Å². The summed E-state index contributed by atoms with van der Waals surface area (Å²) in [5.41, 5.74) is -1.73. The van der Waals surface area contributed by atoms with Crippen LogP contribution in [0.2, 0.25) is 0 Å². The maximum Gasteiger partial charge on any atom is 0.311 e. The first-order chi connectivity index (χ1) is 13.2. The number of ether oxygens (including phenoxy) is 1. The summed E-state index contributed by atoms with van der Waals surface area (Å²) in [6.07, 6.45) is 0.988. The number of hydrogen-bond donors (Lipinski definition) is 2. The van der Waals surface area contributed by atoms with E-state index in [1.54, 1.807) is 13.8 Å². The molecule has 0 aromatic heterocycles. The molecule has 0 radical (unpaired) electrons. The minimum atomic E-state index is -1.10. The monoisotopic (exact) mass is 404 g/mol. The van der Waals surface area contributed by atoms with E-state index in [1.165, 1.54) is 0 Å². The van der Waals surface area contributed by atoms with Crippen molar-refractivity contribution in [3.8, 4) is 0 Å². The SMILES string of the molecule is C=C1[C@@H](O)[C@H]2[C@]3(C)CC[C@H](O)C(C)(C)[C@H]3CC[C@]2(C)[C@H]2C(=O)O[C@@H](C)C(=O)[C@]12C. The summed E-state index contributed by atoms with van der Waals surface area (Å²) in [7, 11) is 0. The van der Waals surface area contributed by atoms with Crippen molar-refractivity contribution >= 4 is 11.8 Å². The van der Waals surface area contributed by atoms with Gasteiger partial charge in [0.2, 0.25) is 0 Å². The van der Waals surface area contributed by atoms with E-state index in [-0.39, 0.29) is 40.5 Å². The van der Waals surface area contributed by atoms with Gasteiger partial charge in [-0.3, -0.25) is 9.59 Å². The molecule has 0 aromatic carbocycles. The molecule has 1 aliphatic heterocycles.